The highest BCUT2D eigenvalue weighted by atomic mass is 16.5. The van der Waals surface area contributed by atoms with Crippen molar-refractivity contribution >= 4 is 16.8 Å². The standard InChI is InChI=1S/C30H33N3O3/c1-35-27-16-23(17-28(19-27)36-2)30(34)33-13-12-24(18-26(33)14-21-8-4-3-5-9-21)31-20-25-15-22-10-6-7-11-29(22)32-25/h3-11,15-17,19,24,26,31-32H,12-14,18,20H2,1-2H3/t24-,26-/m0/s1. The molecule has 0 spiro atoms. The Bertz CT molecular complexity index is 1260. The van der Waals surface area contributed by atoms with Crippen LogP contribution in [0.2, 0.25) is 0 Å². The van der Waals surface area contributed by atoms with Crippen LogP contribution >= 0.6 is 0 Å². The van der Waals surface area contributed by atoms with Crippen molar-refractivity contribution in [2.75, 3.05) is 20.8 Å². The number of rotatable bonds is 8. The third-order valence-electron chi connectivity index (χ3n) is 7.06. The fraction of sp³-hybridized carbons (Fsp3) is 0.300. The first-order chi connectivity index (χ1) is 17.6. The molecule has 0 saturated carbocycles. The molecule has 4 aromatic rings. The molecule has 5 rings (SSSR count). The molecule has 2 N–H and O–H groups in total. The molecule has 1 aliphatic heterocycles. The monoisotopic (exact) mass is 483 g/mol. The Morgan fingerprint density at radius 2 is 1.69 bits per heavy atom. The maximum absolute atomic E-state index is 13.7. The average molecular weight is 484 g/mol. The Balaban J connectivity index is 1.33. The highest BCUT2D eigenvalue weighted by Gasteiger charge is 2.32. The number of nitrogens with one attached hydrogen (secondary N) is 2. The highest BCUT2D eigenvalue weighted by Crippen LogP contribution is 2.28. The molecule has 6 nitrogen and oxygen atoms in total. The van der Waals surface area contributed by atoms with Crippen LogP contribution in [0, 0.1) is 0 Å². The second kappa shape index (κ2) is 10.9. The molecule has 3 aromatic carbocycles. The molecular formula is C30H33N3O3. The van der Waals surface area contributed by atoms with Gasteiger partial charge in [-0.2, -0.15) is 0 Å². The molecule has 36 heavy (non-hydrogen) atoms. The Morgan fingerprint density at radius 1 is 0.972 bits per heavy atom. The predicted octanol–water partition coefficient (Wildman–Crippen LogP) is 5.19. The lowest BCUT2D eigenvalue weighted by Gasteiger charge is -2.40. The van der Waals surface area contributed by atoms with Crippen LogP contribution in [0.15, 0.2) is 78.9 Å². The summed E-state index contributed by atoms with van der Waals surface area (Å²) >= 11 is 0. The summed E-state index contributed by atoms with van der Waals surface area (Å²) < 4.78 is 10.8. The molecule has 0 bridgehead atoms. The minimum Gasteiger partial charge on any atom is -0.497 e. The molecule has 186 valence electrons. The predicted molar refractivity (Wildman–Crippen MR) is 143 cm³/mol. The Labute approximate surface area is 212 Å². The van der Waals surface area contributed by atoms with Gasteiger partial charge in [-0.1, -0.05) is 48.5 Å². The van der Waals surface area contributed by atoms with E-state index in [-0.39, 0.29) is 11.9 Å². The van der Waals surface area contributed by atoms with E-state index in [1.807, 2.05) is 11.0 Å². The number of H-pyrrole nitrogens is 1. The number of amides is 1. The molecule has 2 heterocycles. The van der Waals surface area contributed by atoms with Gasteiger partial charge in [0, 0.05) is 48.0 Å². The number of hydrogen-bond donors (Lipinski definition) is 2. The van der Waals surface area contributed by atoms with E-state index in [1.54, 1.807) is 32.4 Å². The van der Waals surface area contributed by atoms with Gasteiger partial charge in [0.15, 0.2) is 0 Å². The van der Waals surface area contributed by atoms with Crippen LogP contribution in [0.25, 0.3) is 10.9 Å². The van der Waals surface area contributed by atoms with Crippen molar-refractivity contribution in [1.29, 1.82) is 0 Å². The smallest absolute Gasteiger partial charge is 0.254 e. The van der Waals surface area contributed by atoms with Gasteiger partial charge in [-0.05, 0) is 54.5 Å². The molecular weight excluding hydrogens is 450 g/mol. The number of para-hydroxylation sites is 1. The Morgan fingerprint density at radius 3 is 2.42 bits per heavy atom. The van der Waals surface area contributed by atoms with Crippen molar-refractivity contribution in [2.24, 2.45) is 0 Å². The zero-order chi connectivity index (χ0) is 24.9. The topological polar surface area (TPSA) is 66.6 Å². The van der Waals surface area contributed by atoms with Gasteiger partial charge < -0.3 is 24.7 Å². The van der Waals surface area contributed by atoms with Gasteiger partial charge in [-0.3, -0.25) is 4.79 Å². The summed E-state index contributed by atoms with van der Waals surface area (Å²) in [5.74, 6) is 1.25. The molecule has 1 fully saturated rings. The third kappa shape index (κ3) is 5.39. The van der Waals surface area contributed by atoms with Gasteiger partial charge in [0.25, 0.3) is 5.91 Å². The summed E-state index contributed by atoms with van der Waals surface area (Å²) in [6.07, 6.45) is 2.61. The van der Waals surface area contributed by atoms with E-state index in [4.69, 9.17) is 9.47 Å². The van der Waals surface area contributed by atoms with Crippen molar-refractivity contribution in [3.05, 3.63) is 95.7 Å². The quantitative estimate of drug-likeness (QED) is 0.362. The van der Waals surface area contributed by atoms with Crippen molar-refractivity contribution in [2.45, 2.75) is 37.9 Å². The summed E-state index contributed by atoms with van der Waals surface area (Å²) in [5, 5.41) is 4.97. The SMILES string of the molecule is COc1cc(OC)cc(C(=O)N2CC[C@H](NCc3cc4ccccc4[nH]3)C[C@@H]2Cc2ccccc2)c1. The van der Waals surface area contributed by atoms with Gasteiger partial charge in [-0.25, -0.2) is 0 Å². The van der Waals surface area contributed by atoms with Gasteiger partial charge in [0.1, 0.15) is 11.5 Å². The zero-order valence-electron chi connectivity index (χ0n) is 20.9. The van der Waals surface area contributed by atoms with Crippen LogP contribution < -0.4 is 14.8 Å². The number of fused-ring (bicyclic) bond motifs is 1. The average Bonchev–Trinajstić information content (AvgIpc) is 3.35. The summed E-state index contributed by atoms with van der Waals surface area (Å²) in [7, 11) is 3.21. The van der Waals surface area contributed by atoms with Crippen LogP contribution in [0.5, 0.6) is 11.5 Å². The number of likely N-dealkylation sites (tertiary alicyclic amines) is 1. The molecule has 0 unspecified atom stereocenters. The number of ether oxygens (including phenoxy) is 2. The van der Waals surface area contributed by atoms with E-state index in [2.05, 4.69) is 64.9 Å². The minimum absolute atomic E-state index is 0.0159. The largest absolute Gasteiger partial charge is 0.497 e. The Kier molecular flexibility index (Phi) is 7.23. The first-order valence-electron chi connectivity index (χ1n) is 12.5. The maximum Gasteiger partial charge on any atom is 0.254 e. The van der Waals surface area contributed by atoms with Crippen molar-refractivity contribution < 1.29 is 14.3 Å². The normalized spacial score (nSPS) is 17.8. The second-order valence-electron chi connectivity index (χ2n) is 9.43. The molecule has 1 aromatic heterocycles. The van der Waals surface area contributed by atoms with Gasteiger partial charge in [-0.15, -0.1) is 0 Å². The number of carbonyl (C=O) groups is 1. The number of hydrogen-bond acceptors (Lipinski definition) is 4. The molecule has 1 aliphatic rings. The van der Waals surface area contributed by atoms with Crippen LogP contribution in [-0.4, -0.2) is 48.6 Å². The van der Waals surface area contributed by atoms with Gasteiger partial charge in [0.05, 0.1) is 14.2 Å². The van der Waals surface area contributed by atoms with E-state index in [1.165, 1.54) is 16.6 Å². The van der Waals surface area contributed by atoms with E-state index in [0.29, 0.717) is 29.6 Å². The maximum atomic E-state index is 13.7. The molecule has 0 aliphatic carbocycles. The zero-order valence-corrected chi connectivity index (χ0v) is 20.9. The second-order valence-corrected chi connectivity index (χ2v) is 9.43. The molecule has 1 amide bonds. The van der Waals surface area contributed by atoms with Crippen LogP contribution in [0.3, 0.4) is 0 Å². The lowest BCUT2D eigenvalue weighted by molar-refractivity contribution is 0.0575. The van der Waals surface area contributed by atoms with Crippen LogP contribution in [-0.2, 0) is 13.0 Å². The van der Waals surface area contributed by atoms with E-state index < -0.39 is 0 Å². The van der Waals surface area contributed by atoms with E-state index in [9.17, 15) is 4.79 Å². The summed E-state index contributed by atoms with van der Waals surface area (Å²) in [4.78, 5) is 19.2. The Hall–Kier alpha value is -3.77. The number of methoxy groups -OCH3 is 2. The number of aromatic nitrogens is 1. The lowest BCUT2D eigenvalue weighted by atomic mass is 9.91. The first kappa shape index (κ1) is 23.9. The van der Waals surface area contributed by atoms with Crippen LogP contribution in [0.1, 0.15) is 34.5 Å². The number of benzene rings is 3. The van der Waals surface area contributed by atoms with Gasteiger partial charge in [0.2, 0.25) is 0 Å². The third-order valence-corrected chi connectivity index (χ3v) is 7.06. The van der Waals surface area contributed by atoms with Gasteiger partial charge >= 0.3 is 0 Å². The number of aromatic amines is 1. The lowest BCUT2D eigenvalue weighted by Crippen LogP contribution is -2.51. The number of nitrogens with zero attached hydrogens (tertiary/aromatic N) is 1. The minimum atomic E-state index is 0.0159. The fourth-order valence-electron chi connectivity index (χ4n) is 5.16. The van der Waals surface area contributed by atoms with Crippen molar-refractivity contribution in [3.63, 3.8) is 0 Å². The first-order valence-corrected chi connectivity index (χ1v) is 12.5. The highest BCUT2D eigenvalue weighted by molar-refractivity contribution is 5.95. The van der Waals surface area contributed by atoms with E-state index >= 15 is 0 Å². The fourth-order valence-corrected chi connectivity index (χ4v) is 5.16. The molecule has 2 atom stereocenters. The van der Waals surface area contributed by atoms with Crippen molar-refractivity contribution in [1.82, 2.24) is 15.2 Å². The summed E-state index contributed by atoms with van der Waals surface area (Å²) in [6.45, 7) is 1.47. The molecule has 1 saturated heterocycles. The number of piperidine rings is 1. The van der Waals surface area contributed by atoms with E-state index in [0.717, 1.165) is 31.3 Å². The van der Waals surface area contributed by atoms with Crippen LogP contribution in [0.4, 0.5) is 0 Å². The van der Waals surface area contributed by atoms with Crippen molar-refractivity contribution in [3.8, 4) is 11.5 Å². The summed E-state index contributed by atoms with van der Waals surface area (Å²) in [5.41, 5.74) is 4.16. The number of carbonyl (C=O) groups excluding carboxylic acids is 1. The molecule has 0 radical (unpaired) electrons. The molecule has 6 heteroatoms. The summed E-state index contributed by atoms with van der Waals surface area (Å²) in [6, 6.07) is 26.8.